The lowest BCUT2D eigenvalue weighted by Crippen LogP contribution is -2.22. The molecule has 0 fully saturated rings. The fourth-order valence-electron chi connectivity index (χ4n) is 1.27. The maximum atomic E-state index is 10.8. The van der Waals surface area contributed by atoms with E-state index in [1.807, 2.05) is 0 Å². The molecule has 0 atom stereocenters. The molecule has 1 N–H and O–H groups in total. The molecule has 6 nitrogen and oxygen atoms in total. The van der Waals surface area contributed by atoms with E-state index in [1.54, 1.807) is 17.3 Å². The molecule has 14 heavy (non-hydrogen) atoms. The average molecular weight is 192 g/mol. The van der Waals surface area contributed by atoms with E-state index in [-0.39, 0.29) is 5.69 Å². The Labute approximate surface area is 79.9 Å². The summed E-state index contributed by atoms with van der Waals surface area (Å²) in [5.41, 5.74) is 0.495. The van der Waals surface area contributed by atoms with Crippen molar-refractivity contribution in [1.82, 2.24) is 10.2 Å². The number of rotatable bonds is 2. The van der Waals surface area contributed by atoms with Crippen molar-refractivity contribution >= 4 is 18.0 Å². The van der Waals surface area contributed by atoms with Gasteiger partial charge in [-0.1, -0.05) is 0 Å². The van der Waals surface area contributed by atoms with Gasteiger partial charge in [0.15, 0.2) is 5.69 Å². The lowest BCUT2D eigenvalue weighted by atomic mass is 10.3. The molecular weight excluding hydrogens is 184 g/mol. The summed E-state index contributed by atoms with van der Waals surface area (Å²) in [7, 11) is 0. The molecular formula is C8H8N4O2. The molecule has 1 aliphatic rings. The van der Waals surface area contributed by atoms with Gasteiger partial charge in [0.25, 0.3) is 0 Å². The van der Waals surface area contributed by atoms with Crippen molar-refractivity contribution in [3.63, 3.8) is 0 Å². The quantitative estimate of drug-likeness (QED) is 0.714. The van der Waals surface area contributed by atoms with Gasteiger partial charge in [-0.05, 0) is 6.07 Å². The summed E-state index contributed by atoms with van der Waals surface area (Å²) in [6.45, 7) is 1.37. The molecule has 6 heteroatoms. The minimum absolute atomic E-state index is 0.0409. The van der Waals surface area contributed by atoms with E-state index in [2.05, 4.69) is 15.2 Å². The number of aromatic carboxylic acids is 1. The van der Waals surface area contributed by atoms with E-state index in [0.29, 0.717) is 18.8 Å². The predicted octanol–water partition coefficient (Wildman–Crippen LogP) is 0.0231. The Morgan fingerprint density at radius 1 is 1.57 bits per heavy atom. The number of hydrogen-bond acceptors (Lipinski definition) is 5. The van der Waals surface area contributed by atoms with Crippen molar-refractivity contribution < 1.29 is 9.90 Å². The Morgan fingerprint density at radius 3 is 3.07 bits per heavy atom. The predicted molar refractivity (Wildman–Crippen MR) is 49.7 cm³/mol. The van der Waals surface area contributed by atoms with Crippen LogP contribution in [0.5, 0.6) is 0 Å². The Hall–Kier alpha value is -1.98. The zero-order valence-electron chi connectivity index (χ0n) is 7.29. The van der Waals surface area contributed by atoms with E-state index >= 15 is 0 Å². The van der Waals surface area contributed by atoms with Gasteiger partial charge < -0.3 is 10.0 Å². The highest BCUT2D eigenvalue weighted by molar-refractivity contribution is 5.96. The summed E-state index contributed by atoms with van der Waals surface area (Å²) < 4.78 is 0. The van der Waals surface area contributed by atoms with Gasteiger partial charge in [-0.25, -0.2) is 4.79 Å². The Morgan fingerprint density at radius 2 is 2.43 bits per heavy atom. The largest absolute Gasteiger partial charge is 0.476 e. The first kappa shape index (κ1) is 8.61. The fraction of sp³-hybridized carbons (Fsp3) is 0.250. The van der Waals surface area contributed by atoms with Crippen LogP contribution < -0.4 is 4.90 Å². The Kier molecular flexibility index (Phi) is 2.10. The molecule has 0 aromatic carbocycles. The molecule has 0 saturated carbocycles. The molecule has 0 bridgehead atoms. The van der Waals surface area contributed by atoms with Gasteiger partial charge in [-0.2, -0.15) is 5.10 Å². The van der Waals surface area contributed by atoms with Crippen molar-refractivity contribution in [2.45, 2.75) is 0 Å². The molecule has 72 valence electrons. The highest BCUT2D eigenvalue weighted by atomic mass is 16.4. The number of aromatic nitrogens is 2. The van der Waals surface area contributed by atoms with Gasteiger partial charge in [-0.15, -0.1) is 5.10 Å². The molecule has 0 radical (unpaired) electrons. The number of nitrogens with zero attached hydrogens (tertiary/aromatic N) is 4. The first-order valence-electron chi connectivity index (χ1n) is 4.10. The molecule has 2 heterocycles. The van der Waals surface area contributed by atoms with Gasteiger partial charge in [-0.3, -0.25) is 4.99 Å². The van der Waals surface area contributed by atoms with Gasteiger partial charge in [0.2, 0.25) is 0 Å². The van der Waals surface area contributed by atoms with Crippen molar-refractivity contribution in [3.05, 3.63) is 18.0 Å². The zero-order chi connectivity index (χ0) is 9.97. The van der Waals surface area contributed by atoms with Crippen LogP contribution >= 0.6 is 0 Å². The summed E-state index contributed by atoms with van der Waals surface area (Å²) in [4.78, 5) is 16.6. The normalized spacial score (nSPS) is 14.7. The van der Waals surface area contributed by atoms with Crippen LogP contribution in [0.1, 0.15) is 10.5 Å². The number of carboxylic acids is 1. The van der Waals surface area contributed by atoms with Gasteiger partial charge in [0.05, 0.1) is 24.8 Å². The average Bonchev–Trinajstić information content (AvgIpc) is 2.70. The second kappa shape index (κ2) is 3.41. The summed E-state index contributed by atoms with van der Waals surface area (Å²) >= 11 is 0. The topological polar surface area (TPSA) is 78.7 Å². The Bertz CT molecular complexity index is 391. The van der Waals surface area contributed by atoms with Crippen LogP contribution in [0.4, 0.5) is 5.69 Å². The molecule has 1 aromatic heterocycles. The third-order valence-corrected chi connectivity index (χ3v) is 1.90. The highest BCUT2D eigenvalue weighted by Crippen LogP contribution is 2.17. The molecule has 0 saturated heterocycles. The number of carbonyl (C=O) groups is 1. The van der Waals surface area contributed by atoms with Crippen LogP contribution in [0, 0.1) is 0 Å². The first-order valence-corrected chi connectivity index (χ1v) is 4.10. The van der Waals surface area contributed by atoms with Gasteiger partial charge >= 0.3 is 5.97 Å². The van der Waals surface area contributed by atoms with Gasteiger partial charge in [0, 0.05) is 6.54 Å². The SMILES string of the molecule is O=C(O)c1nnccc1N1C=NCC1. The van der Waals surface area contributed by atoms with E-state index in [4.69, 9.17) is 5.11 Å². The van der Waals surface area contributed by atoms with Crippen LogP contribution in [-0.2, 0) is 0 Å². The van der Waals surface area contributed by atoms with Crippen LogP contribution in [0.15, 0.2) is 17.3 Å². The van der Waals surface area contributed by atoms with Gasteiger partial charge in [0.1, 0.15) is 0 Å². The fourth-order valence-corrected chi connectivity index (χ4v) is 1.27. The van der Waals surface area contributed by atoms with Crippen LogP contribution in [0.3, 0.4) is 0 Å². The summed E-state index contributed by atoms with van der Waals surface area (Å²) in [5, 5.41) is 16.0. The van der Waals surface area contributed by atoms with E-state index < -0.39 is 5.97 Å². The van der Waals surface area contributed by atoms with Crippen molar-refractivity contribution in [1.29, 1.82) is 0 Å². The van der Waals surface area contributed by atoms with Crippen LogP contribution in [-0.4, -0.2) is 40.7 Å². The third kappa shape index (κ3) is 1.41. The summed E-state index contributed by atoms with van der Waals surface area (Å²) in [6.07, 6.45) is 3.08. The van der Waals surface area contributed by atoms with E-state index in [9.17, 15) is 4.79 Å². The maximum Gasteiger partial charge on any atom is 0.358 e. The standard InChI is InChI=1S/C8H8N4O2/c13-8(14)7-6(1-2-10-11-7)12-4-3-9-5-12/h1-2,5H,3-4H2,(H,13,14). The second-order valence-corrected chi connectivity index (χ2v) is 2.79. The number of carboxylic acid groups (broad SMARTS) is 1. The second-order valence-electron chi connectivity index (χ2n) is 2.79. The Balaban J connectivity index is 2.40. The van der Waals surface area contributed by atoms with Crippen molar-refractivity contribution in [2.24, 2.45) is 4.99 Å². The molecule has 0 unspecified atom stereocenters. The highest BCUT2D eigenvalue weighted by Gasteiger charge is 2.18. The lowest BCUT2D eigenvalue weighted by molar-refractivity contribution is 0.0690. The zero-order valence-corrected chi connectivity index (χ0v) is 7.29. The number of hydrogen-bond donors (Lipinski definition) is 1. The summed E-state index contributed by atoms with van der Waals surface area (Å²) in [6, 6.07) is 1.62. The summed E-state index contributed by atoms with van der Waals surface area (Å²) in [5.74, 6) is -1.08. The maximum absolute atomic E-state index is 10.8. The number of anilines is 1. The molecule has 1 aromatic rings. The minimum atomic E-state index is -1.08. The number of aliphatic imine (C=N–C) groups is 1. The molecule has 1 aliphatic heterocycles. The van der Waals surface area contributed by atoms with Crippen molar-refractivity contribution in [3.8, 4) is 0 Å². The van der Waals surface area contributed by atoms with Crippen LogP contribution in [0.2, 0.25) is 0 Å². The lowest BCUT2D eigenvalue weighted by Gasteiger charge is -2.14. The van der Waals surface area contributed by atoms with Crippen molar-refractivity contribution in [2.75, 3.05) is 18.0 Å². The molecule has 0 amide bonds. The van der Waals surface area contributed by atoms with E-state index in [0.717, 1.165) is 0 Å². The minimum Gasteiger partial charge on any atom is -0.476 e. The smallest absolute Gasteiger partial charge is 0.358 e. The third-order valence-electron chi connectivity index (χ3n) is 1.90. The molecule has 0 spiro atoms. The molecule has 2 rings (SSSR count). The van der Waals surface area contributed by atoms with E-state index in [1.165, 1.54) is 6.20 Å². The van der Waals surface area contributed by atoms with Crippen LogP contribution in [0.25, 0.3) is 0 Å². The molecule has 0 aliphatic carbocycles. The monoisotopic (exact) mass is 192 g/mol. The first-order chi connectivity index (χ1) is 6.79.